The van der Waals surface area contributed by atoms with E-state index in [2.05, 4.69) is 0 Å². The van der Waals surface area contributed by atoms with E-state index in [0.717, 1.165) is 21.3 Å². The molecule has 0 unspecified atom stereocenters. The first-order valence-corrected chi connectivity index (χ1v) is 6.73. The van der Waals surface area contributed by atoms with Gasteiger partial charge in [-0.25, -0.2) is 0 Å². The van der Waals surface area contributed by atoms with Crippen LogP contribution in [0.1, 0.15) is 0 Å². The second-order valence-electron chi connectivity index (χ2n) is 3.07. The van der Waals surface area contributed by atoms with Crippen LogP contribution in [-0.4, -0.2) is 0 Å². The summed E-state index contributed by atoms with van der Waals surface area (Å²) in [6, 6.07) is 7.93. The summed E-state index contributed by atoms with van der Waals surface area (Å²) in [5.41, 5.74) is 0. The van der Waals surface area contributed by atoms with E-state index in [1.807, 2.05) is 35.0 Å². The van der Waals surface area contributed by atoms with Crippen molar-refractivity contribution in [3.05, 3.63) is 39.9 Å². The van der Waals surface area contributed by atoms with Crippen molar-refractivity contribution in [1.29, 1.82) is 0 Å². The molecule has 2 nitrogen and oxygen atoms in total. The zero-order chi connectivity index (χ0) is 11.0. The summed E-state index contributed by atoms with van der Waals surface area (Å²) < 4.78 is 10.9. The van der Waals surface area contributed by atoms with E-state index in [1.165, 1.54) is 0 Å². The van der Waals surface area contributed by atoms with Crippen LogP contribution in [-0.2, 0) is 0 Å². The zero-order valence-corrected chi connectivity index (χ0v) is 10.5. The van der Waals surface area contributed by atoms with Crippen molar-refractivity contribution < 1.29 is 8.83 Å². The van der Waals surface area contributed by atoms with Crippen molar-refractivity contribution in [3.63, 3.8) is 0 Å². The van der Waals surface area contributed by atoms with Gasteiger partial charge < -0.3 is 8.83 Å². The lowest BCUT2D eigenvalue weighted by Gasteiger charge is -1.92. The number of rotatable bonds is 2. The van der Waals surface area contributed by atoms with E-state index < -0.39 is 0 Å². The highest BCUT2D eigenvalue weighted by Gasteiger charge is 2.16. The van der Waals surface area contributed by atoms with Gasteiger partial charge in [-0.2, -0.15) is 0 Å². The van der Waals surface area contributed by atoms with Crippen LogP contribution in [0.3, 0.4) is 0 Å². The first kappa shape index (κ1) is 10.0. The van der Waals surface area contributed by atoms with Crippen molar-refractivity contribution in [3.8, 4) is 21.3 Å². The molecule has 0 aliphatic rings. The minimum atomic E-state index is 0.173. The maximum Gasteiger partial charge on any atom is 0.363 e. The zero-order valence-electron chi connectivity index (χ0n) is 8.01. The lowest BCUT2D eigenvalue weighted by atomic mass is 10.3. The molecule has 0 aliphatic heterocycles. The second kappa shape index (κ2) is 4.01. The largest absolute Gasteiger partial charge is 0.412 e. The highest BCUT2D eigenvalue weighted by molar-refractivity contribution is 7.71. The minimum absolute atomic E-state index is 0.173. The van der Waals surface area contributed by atoms with Crippen LogP contribution in [0.2, 0.25) is 0 Å². The molecule has 0 fully saturated rings. The van der Waals surface area contributed by atoms with Crippen LogP contribution in [0, 0.1) is 4.90 Å². The van der Waals surface area contributed by atoms with E-state index in [-0.39, 0.29) is 4.90 Å². The molecule has 0 amide bonds. The van der Waals surface area contributed by atoms with E-state index in [1.54, 1.807) is 22.7 Å². The van der Waals surface area contributed by atoms with Crippen LogP contribution in [0.15, 0.2) is 43.9 Å². The molecule has 3 heterocycles. The summed E-state index contributed by atoms with van der Waals surface area (Å²) in [5.74, 6) is 1.45. The quantitative estimate of drug-likeness (QED) is 0.606. The predicted octanol–water partition coefficient (Wildman–Crippen LogP) is 5.06. The van der Waals surface area contributed by atoms with Crippen molar-refractivity contribution >= 4 is 34.9 Å². The Bertz CT molecular complexity index is 574. The maximum atomic E-state index is 5.45. The third kappa shape index (κ3) is 1.67. The second-order valence-corrected chi connectivity index (χ2v) is 5.30. The summed E-state index contributed by atoms with van der Waals surface area (Å²) in [7, 11) is 0. The number of thiophene rings is 2. The Kier molecular flexibility index (Phi) is 2.51. The van der Waals surface area contributed by atoms with Crippen LogP contribution < -0.4 is 0 Å². The van der Waals surface area contributed by atoms with Gasteiger partial charge in [0.15, 0.2) is 11.5 Å². The van der Waals surface area contributed by atoms with E-state index in [0.29, 0.717) is 0 Å². The molecule has 0 radical (unpaired) electrons. The molecule has 0 saturated heterocycles. The van der Waals surface area contributed by atoms with E-state index >= 15 is 0 Å². The Morgan fingerprint density at radius 1 is 0.875 bits per heavy atom. The maximum absolute atomic E-state index is 5.45. The summed E-state index contributed by atoms with van der Waals surface area (Å²) >= 11 is 8.15. The van der Waals surface area contributed by atoms with Gasteiger partial charge in [0, 0.05) is 12.2 Å². The van der Waals surface area contributed by atoms with Gasteiger partial charge in [0.25, 0.3) is 0 Å². The molecule has 0 bridgehead atoms. The Morgan fingerprint density at radius 2 is 1.38 bits per heavy atom. The standard InChI is InChI=1S/C11H6O2S3/c14-11-12-9(7-3-1-5-15-7)10(13-11)8-4-2-6-16-8/h1-6H. The monoisotopic (exact) mass is 266 g/mol. The van der Waals surface area contributed by atoms with Crippen LogP contribution in [0.25, 0.3) is 21.3 Å². The number of hydrogen-bond acceptors (Lipinski definition) is 5. The molecule has 0 spiro atoms. The fourth-order valence-electron chi connectivity index (χ4n) is 1.42. The van der Waals surface area contributed by atoms with Crippen LogP contribution in [0.4, 0.5) is 0 Å². The molecule has 3 rings (SSSR count). The van der Waals surface area contributed by atoms with Crippen molar-refractivity contribution in [2.75, 3.05) is 0 Å². The third-order valence-corrected chi connectivity index (χ3v) is 3.97. The van der Waals surface area contributed by atoms with Gasteiger partial charge in [-0.3, -0.25) is 0 Å². The summed E-state index contributed by atoms with van der Waals surface area (Å²) in [6.45, 7) is 0. The molecule has 0 saturated carbocycles. The van der Waals surface area contributed by atoms with E-state index in [9.17, 15) is 0 Å². The molecule has 0 N–H and O–H groups in total. The van der Waals surface area contributed by atoms with Gasteiger partial charge in [-0.1, -0.05) is 12.1 Å². The molecule has 80 valence electrons. The molecule has 3 aromatic heterocycles. The molecular formula is C11H6O2S3. The highest BCUT2D eigenvalue weighted by Crippen LogP contribution is 2.37. The molecule has 3 aromatic rings. The van der Waals surface area contributed by atoms with E-state index in [4.69, 9.17) is 21.1 Å². The van der Waals surface area contributed by atoms with Gasteiger partial charge >= 0.3 is 4.90 Å². The first-order chi connectivity index (χ1) is 7.84. The highest BCUT2D eigenvalue weighted by atomic mass is 32.1. The van der Waals surface area contributed by atoms with Crippen molar-refractivity contribution in [2.45, 2.75) is 0 Å². The molecule has 0 aliphatic carbocycles. The average Bonchev–Trinajstić information content (AvgIpc) is 2.98. The van der Waals surface area contributed by atoms with Gasteiger partial charge in [0.05, 0.1) is 9.75 Å². The molecule has 0 atom stereocenters. The smallest absolute Gasteiger partial charge is 0.363 e. The Labute approximate surface area is 105 Å². The third-order valence-electron chi connectivity index (χ3n) is 2.07. The van der Waals surface area contributed by atoms with Crippen LogP contribution >= 0.6 is 34.9 Å². The van der Waals surface area contributed by atoms with Gasteiger partial charge in [-0.15, -0.1) is 22.7 Å². The predicted molar refractivity (Wildman–Crippen MR) is 68.4 cm³/mol. The fraction of sp³-hybridized carbons (Fsp3) is 0. The number of hydrogen-bond donors (Lipinski definition) is 0. The Hall–Kier alpha value is -1.17. The Morgan fingerprint density at radius 3 is 1.75 bits per heavy atom. The van der Waals surface area contributed by atoms with Crippen LogP contribution in [0.5, 0.6) is 0 Å². The fourth-order valence-corrected chi connectivity index (χ4v) is 2.99. The lowest BCUT2D eigenvalue weighted by molar-refractivity contribution is 0.428. The molecule has 16 heavy (non-hydrogen) atoms. The van der Waals surface area contributed by atoms with Crippen molar-refractivity contribution in [2.24, 2.45) is 0 Å². The van der Waals surface area contributed by atoms with Gasteiger partial charge in [-0.05, 0) is 22.9 Å². The molecule has 5 heteroatoms. The SMILES string of the molecule is S=c1oc(-c2cccs2)c(-c2cccs2)o1. The lowest BCUT2D eigenvalue weighted by Crippen LogP contribution is -1.71. The normalized spacial score (nSPS) is 10.8. The van der Waals surface area contributed by atoms with Gasteiger partial charge in [0.2, 0.25) is 0 Å². The molecular weight excluding hydrogens is 260 g/mol. The van der Waals surface area contributed by atoms with Gasteiger partial charge in [0.1, 0.15) is 0 Å². The summed E-state index contributed by atoms with van der Waals surface area (Å²) in [4.78, 5) is 2.23. The minimum Gasteiger partial charge on any atom is -0.412 e. The first-order valence-electron chi connectivity index (χ1n) is 4.56. The average molecular weight is 266 g/mol. The topological polar surface area (TPSA) is 26.3 Å². The summed E-state index contributed by atoms with van der Waals surface area (Å²) in [6.07, 6.45) is 0. The van der Waals surface area contributed by atoms with Crippen molar-refractivity contribution in [1.82, 2.24) is 0 Å². The summed E-state index contributed by atoms with van der Waals surface area (Å²) in [5, 5.41) is 4.00. The molecule has 0 aromatic carbocycles. The Balaban J connectivity index is 2.23.